The highest BCUT2D eigenvalue weighted by Crippen LogP contribution is 2.59. The first-order chi connectivity index (χ1) is 10.8. The summed E-state index contributed by atoms with van der Waals surface area (Å²) < 4.78 is 0. The molecule has 4 aliphatic rings. The molecule has 0 heterocycles. The van der Waals surface area contributed by atoms with Crippen molar-refractivity contribution < 1.29 is 0 Å². The minimum Gasteiger partial charge on any atom is -0.316 e. The second-order valence-electron chi connectivity index (χ2n) is 9.07. The molecule has 1 N–H and O–H groups in total. The Bertz CT molecular complexity index is 293. The molecule has 136 valence electrons. The molecule has 0 amide bonds. The Kier molecular flexibility index (Phi) is 8.22. The molecule has 1 nitrogen and oxygen atoms in total. The fourth-order valence-corrected chi connectivity index (χ4v) is 6.24. The first-order valence-electron chi connectivity index (χ1n) is 10.5. The van der Waals surface area contributed by atoms with Crippen molar-refractivity contribution in [3.63, 3.8) is 0 Å². The Morgan fingerprint density at radius 2 is 1.22 bits per heavy atom. The molecule has 4 saturated carbocycles. The molecule has 4 fully saturated rings. The van der Waals surface area contributed by atoms with Crippen molar-refractivity contribution in [3.05, 3.63) is 0 Å². The standard InChI is InChI=1S/C21H39N.ClH/c1-2-3-4-5-6-7-8-9-10-22-17-21-14-18-11-19(15-21)13-20(12-18)16-21;/h18-20,22H,2-17H2,1H3;1H. The van der Waals surface area contributed by atoms with E-state index in [2.05, 4.69) is 12.2 Å². The lowest BCUT2D eigenvalue weighted by Gasteiger charge is -2.57. The van der Waals surface area contributed by atoms with Gasteiger partial charge in [0.05, 0.1) is 0 Å². The Morgan fingerprint density at radius 3 is 1.74 bits per heavy atom. The van der Waals surface area contributed by atoms with Crippen molar-refractivity contribution in [3.8, 4) is 0 Å². The van der Waals surface area contributed by atoms with Crippen LogP contribution in [0.4, 0.5) is 0 Å². The highest BCUT2D eigenvalue weighted by atomic mass is 35.5. The molecule has 0 aliphatic heterocycles. The van der Waals surface area contributed by atoms with Gasteiger partial charge in [0, 0.05) is 6.54 Å². The summed E-state index contributed by atoms with van der Waals surface area (Å²) in [5, 5.41) is 3.85. The molecule has 2 heteroatoms. The zero-order valence-corrected chi connectivity index (χ0v) is 16.3. The molecule has 23 heavy (non-hydrogen) atoms. The Hall–Kier alpha value is 0.250. The summed E-state index contributed by atoms with van der Waals surface area (Å²) in [7, 11) is 0. The number of unbranched alkanes of at least 4 members (excludes halogenated alkanes) is 7. The molecule has 0 saturated heterocycles. The predicted octanol–water partition coefficient (Wildman–Crippen LogP) is 6.35. The van der Waals surface area contributed by atoms with E-state index in [0.29, 0.717) is 0 Å². The Labute approximate surface area is 151 Å². The van der Waals surface area contributed by atoms with Crippen LogP contribution in [-0.4, -0.2) is 13.1 Å². The molecule has 0 aromatic rings. The normalized spacial score (nSPS) is 34.6. The summed E-state index contributed by atoms with van der Waals surface area (Å²) in [5.74, 6) is 3.32. The number of hydrogen-bond acceptors (Lipinski definition) is 1. The highest BCUT2D eigenvalue weighted by Gasteiger charge is 2.50. The van der Waals surface area contributed by atoms with Crippen molar-refractivity contribution in [2.75, 3.05) is 13.1 Å². The second kappa shape index (κ2) is 9.66. The van der Waals surface area contributed by atoms with Crippen LogP contribution in [0.5, 0.6) is 0 Å². The van der Waals surface area contributed by atoms with Crippen molar-refractivity contribution in [2.45, 2.75) is 96.8 Å². The van der Waals surface area contributed by atoms with Crippen molar-refractivity contribution in [1.29, 1.82) is 0 Å². The molecule has 4 bridgehead atoms. The predicted molar refractivity (Wildman–Crippen MR) is 103 cm³/mol. The molecule has 4 aliphatic carbocycles. The van der Waals surface area contributed by atoms with Crippen LogP contribution in [0, 0.1) is 23.2 Å². The van der Waals surface area contributed by atoms with Crippen molar-refractivity contribution in [1.82, 2.24) is 5.32 Å². The van der Waals surface area contributed by atoms with Crippen molar-refractivity contribution in [2.24, 2.45) is 23.2 Å². The third kappa shape index (κ3) is 5.63. The highest BCUT2D eigenvalue weighted by molar-refractivity contribution is 5.85. The number of rotatable bonds is 11. The van der Waals surface area contributed by atoms with E-state index in [4.69, 9.17) is 0 Å². The van der Waals surface area contributed by atoms with Crippen LogP contribution in [0.2, 0.25) is 0 Å². The number of nitrogens with one attached hydrogen (secondary N) is 1. The van der Waals surface area contributed by atoms with Crippen LogP contribution in [0.1, 0.15) is 96.8 Å². The summed E-state index contributed by atoms with van der Waals surface area (Å²) in [6.07, 6.45) is 20.9. The first kappa shape index (κ1) is 19.6. The SMILES string of the molecule is CCCCCCCCCCNCC12CC3CC(CC(C3)C1)C2.Cl. The van der Waals surface area contributed by atoms with Crippen molar-refractivity contribution >= 4 is 12.4 Å². The van der Waals surface area contributed by atoms with Gasteiger partial charge in [-0.1, -0.05) is 51.9 Å². The van der Waals surface area contributed by atoms with Gasteiger partial charge in [-0.25, -0.2) is 0 Å². The van der Waals surface area contributed by atoms with E-state index in [9.17, 15) is 0 Å². The Balaban J connectivity index is 0.00000192. The molecule has 0 aromatic heterocycles. The minimum absolute atomic E-state index is 0. The summed E-state index contributed by atoms with van der Waals surface area (Å²) in [6, 6.07) is 0. The van der Waals surface area contributed by atoms with Gasteiger partial charge >= 0.3 is 0 Å². The van der Waals surface area contributed by atoms with E-state index in [1.54, 1.807) is 38.5 Å². The molecule has 0 radical (unpaired) electrons. The van der Waals surface area contributed by atoms with E-state index >= 15 is 0 Å². The summed E-state index contributed by atoms with van der Waals surface area (Å²) in [6.45, 7) is 4.92. The van der Waals surface area contributed by atoms with E-state index in [1.165, 1.54) is 64.5 Å². The lowest BCUT2D eigenvalue weighted by molar-refractivity contribution is -0.0512. The van der Waals surface area contributed by atoms with Gasteiger partial charge in [0.1, 0.15) is 0 Å². The molecular formula is C21H40ClN. The maximum Gasteiger partial charge on any atom is 0.000811 e. The smallest absolute Gasteiger partial charge is 0.000811 e. The van der Waals surface area contributed by atoms with Gasteiger partial charge in [0.25, 0.3) is 0 Å². The third-order valence-electron chi connectivity index (χ3n) is 6.87. The lowest BCUT2D eigenvalue weighted by Crippen LogP contribution is -2.50. The molecule has 0 aromatic carbocycles. The second-order valence-corrected chi connectivity index (χ2v) is 9.07. The molecule has 0 spiro atoms. The maximum absolute atomic E-state index is 3.85. The topological polar surface area (TPSA) is 12.0 Å². The minimum atomic E-state index is 0. The van der Waals surface area contributed by atoms with Gasteiger partial charge in [-0.05, 0) is 74.7 Å². The van der Waals surface area contributed by atoms with Crippen LogP contribution in [0.3, 0.4) is 0 Å². The van der Waals surface area contributed by atoms with Gasteiger partial charge in [-0.3, -0.25) is 0 Å². The fourth-order valence-electron chi connectivity index (χ4n) is 6.24. The lowest BCUT2D eigenvalue weighted by atomic mass is 9.49. The monoisotopic (exact) mass is 341 g/mol. The first-order valence-corrected chi connectivity index (χ1v) is 10.5. The zero-order chi connectivity index (χ0) is 15.3. The molecule has 0 atom stereocenters. The average molecular weight is 342 g/mol. The molecule has 0 unspecified atom stereocenters. The summed E-state index contributed by atoms with van der Waals surface area (Å²) in [5.41, 5.74) is 0.731. The molecule has 4 rings (SSSR count). The van der Waals surface area contributed by atoms with Gasteiger partial charge in [-0.15, -0.1) is 12.4 Å². The maximum atomic E-state index is 3.85. The van der Waals surface area contributed by atoms with E-state index in [1.807, 2.05) is 0 Å². The van der Waals surface area contributed by atoms with Gasteiger partial charge < -0.3 is 5.32 Å². The summed E-state index contributed by atoms with van der Waals surface area (Å²) >= 11 is 0. The average Bonchev–Trinajstić information content (AvgIpc) is 2.48. The largest absolute Gasteiger partial charge is 0.316 e. The summed E-state index contributed by atoms with van der Waals surface area (Å²) in [4.78, 5) is 0. The Morgan fingerprint density at radius 1 is 0.739 bits per heavy atom. The van der Waals surface area contributed by atoms with Gasteiger partial charge in [0.2, 0.25) is 0 Å². The number of halogens is 1. The van der Waals surface area contributed by atoms with E-state index < -0.39 is 0 Å². The van der Waals surface area contributed by atoms with Gasteiger partial charge in [-0.2, -0.15) is 0 Å². The van der Waals surface area contributed by atoms with E-state index in [0.717, 1.165) is 23.2 Å². The third-order valence-corrected chi connectivity index (χ3v) is 6.87. The van der Waals surface area contributed by atoms with E-state index in [-0.39, 0.29) is 12.4 Å². The van der Waals surface area contributed by atoms with Crippen LogP contribution >= 0.6 is 12.4 Å². The van der Waals surface area contributed by atoms with Crippen LogP contribution in [0.15, 0.2) is 0 Å². The zero-order valence-electron chi connectivity index (χ0n) is 15.5. The van der Waals surface area contributed by atoms with Gasteiger partial charge in [0.15, 0.2) is 0 Å². The molecular weight excluding hydrogens is 302 g/mol. The fraction of sp³-hybridized carbons (Fsp3) is 1.00. The van der Waals surface area contributed by atoms with Crippen LogP contribution < -0.4 is 5.32 Å². The van der Waals surface area contributed by atoms with Crippen LogP contribution in [0.25, 0.3) is 0 Å². The quantitative estimate of drug-likeness (QED) is 0.431. The van der Waals surface area contributed by atoms with Crippen LogP contribution in [-0.2, 0) is 0 Å². The number of hydrogen-bond donors (Lipinski definition) is 1.